The highest BCUT2D eigenvalue weighted by atomic mass is 14.6. The average Bonchev–Trinajstić information content (AvgIpc) is 2.62. The number of nitrogens with zero attached hydrogens (tertiary/aromatic N) is 1. The fraction of sp³-hybridized carbons (Fsp3) is 0.261. The maximum absolute atomic E-state index is 4.37. The highest BCUT2D eigenvalue weighted by Crippen LogP contribution is 2.39. The van der Waals surface area contributed by atoms with Gasteiger partial charge in [-0.3, -0.25) is 4.98 Å². The van der Waals surface area contributed by atoms with E-state index in [0.717, 1.165) is 29.6 Å². The van der Waals surface area contributed by atoms with Crippen LogP contribution in [0.4, 0.5) is 0 Å². The van der Waals surface area contributed by atoms with E-state index in [1.807, 2.05) is 37.4 Å². The molecule has 1 aromatic rings. The molecule has 24 heavy (non-hydrogen) atoms. The van der Waals surface area contributed by atoms with Gasteiger partial charge in [0.1, 0.15) is 0 Å². The molecule has 1 aliphatic carbocycles. The molecule has 1 nitrogen and oxygen atoms in total. The van der Waals surface area contributed by atoms with E-state index < -0.39 is 0 Å². The molecule has 0 bridgehead atoms. The number of pyridine rings is 1. The molecule has 1 saturated carbocycles. The Hall–Kier alpha value is -2.41. The second-order valence-electron chi connectivity index (χ2n) is 6.18. The predicted molar refractivity (Wildman–Crippen MR) is 106 cm³/mol. The molecule has 0 N–H and O–H groups in total. The Kier molecular flexibility index (Phi) is 6.74. The van der Waals surface area contributed by atoms with Crippen LogP contribution in [0, 0.1) is 5.92 Å². The average molecular weight is 317 g/mol. The molecule has 1 atom stereocenters. The Balaban J connectivity index is 2.37. The Morgan fingerprint density at radius 3 is 2.75 bits per heavy atom. The van der Waals surface area contributed by atoms with Crippen molar-refractivity contribution < 1.29 is 0 Å². The van der Waals surface area contributed by atoms with E-state index in [1.165, 1.54) is 17.6 Å². The summed E-state index contributed by atoms with van der Waals surface area (Å²) in [5, 5.41) is 0. The van der Waals surface area contributed by atoms with Crippen LogP contribution in [0.5, 0.6) is 0 Å². The lowest BCUT2D eigenvalue weighted by atomic mass is 9.77. The van der Waals surface area contributed by atoms with Gasteiger partial charge in [0.05, 0.1) is 0 Å². The van der Waals surface area contributed by atoms with Gasteiger partial charge in [0.15, 0.2) is 0 Å². The van der Waals surface area contributed by atoms with Crippen molar-refractivity contribution in [3.05, 3.63) is 95.9 Å². The van der Waals surface area contributed by atoms with Crippen LogP contribution in [-0.2, 0) is 0 Å². The first-order valence-electron chi connectivity index (χ1n) is 8.64. The van der Waals surface area contributed by atoms with E-state index in [0.29, 0.717) is 5.92 Å². The molecule has 2 rings (SSSR count). The Morgan fingerprint density at radius 1 is 1.33 bits per heavy atom. The monoisotopic (exact) mass is 317 g/mol. The van der Waals surface area contributed by atoms with E-state index in [-0.39, 0.29) is 0 Å². The molecule has 124 valence electrons. The topological polar surface area (TPSA) is 12.9 Å². The van der Waals surface area contributed by atoms with E-state index in [9.17, 15) is 0 Å². The van der Waals surface area contributed by atoms with Gasteiger partial charge in [-0.2, -0.15) is 0 Å². The van der Waals surface area contributed by atoms with Crippen LogP contribution in [0.15, 0.2) is 90.4 Å². The van der Waals surface area contributed by atoms with Crippen molar-refractivity contribution >= 4 is 6.08 Å². The van der Waals surface area contributed by atoms with Gasteiger partial charge in [-0.25, -0.2) is 0 Å². The molecule has 0 aliphatic heterocycles. The summed E-state index contributed by atoms with van der Waals surface area (Å²) >= 11 is 0. The van der Waals surface area contributed by atoms with Crippen molar-refractivity contribution in [2.24, 2.45) is 5.92 Å². The molecule has 1 aromatic heterocycles. The molecule has 0 amide bonds. The van der Waals surface area contributed by atoms with Crippen molar-refractivity contribution in [3.8, 4) is 0 Å². The van der Waals surface area contributed by atoms with Gasteiger partial charge in [-0.05, 0) is 65.7 Å². The number of allylic oxidation sites excluding steroid dienone is 9. The molecule has 0 saturated heterocycles. The summed E-state index contributed by atoms with van der Waals surface area (Å²) in [7, 11) is 0. The first-order chi connectivity index (χ1) is 11.7. The molecule has 0 aromatic carbocycles. The minimum absolute atomic E-state index is 0.664. The standard InChI is InChI=1S/C23H27N/c1-5-8-10-19(6-2)13-22-14-20(7-3)15-23(18(22)4)16-21-11-9-12-24-17-21/h5-6,8-13,16-17,20H,2,4,7,14-15H2,1,3H3/b8-5-,19-10+,22-13+,23-16+. The fourth-order valence-corrected chi connectivity index (χ4v) is 2.97. The Labute approximate surface area is 146 Å². The van der Waals surface area contributed by atoms with Crippen molar-refractivity contribution in [3.63, 3.8) is 0 Å². The van der Waals surface area contributed by atoms with E-state index in [1.54, 1.807) is 6.20 Å². The molecular weight excluding hydrogens is 290 g/mol. The van der Waals surface area contributed by atoms with Crippen molar-refractivity contribution in [2.75, 3.05) is 0 Å². The maximum atomic E-state index is 4.37. The summed E-state index contributed by atoms with van der Waals surface area (Å²) in [5.74, 6) is 0.664. The lowest BCUT2D eigenvalue weighted by molar-refractivity contribution is 0.488. The van der Waals surface area contributed by atoms with Gasteiger partial charge < -0.3 is 0 Å². The van der Waals surface area contributed by atoms with E-state index >= 15 is 0 Å². The lowest BCUT2D eigenvalue weighted by Crippen LogP contribution is -2.12. The van der Waals surface area contributed by atoms with Crippen LogP contribution in [-0.4, -0.2) is 4.98 Å². The normalized spacial score (nSPS) is 22.5. The first-order valence-corrected chi connectivity index (χ1v) is 8.64. The molecule has 1 fully saturated rings. The van der Waals surface area contributed by atoms with Gasteiger partial charge >= 0.3 is 0 Å². The molecule has 1 aliphatic rings. The summed E-state index contributed by atoms with van der Waals surface area (Å²) in [6.45, 7) is 12.6. The summed E-state index contributed by atoms with van der Waals surface area (Å²) in [6.07, 6.45) is 19.6. The quantitative estimate of drug-likeness (QED) is 0.568. The summed E-state index contributed by atoms with van der Waals surface area (Å²) < 4.78 is 0. The molecule has 0 radical (unpaired) electrons. The molecule has 1 unspecified atom stereocenters. The van der Waals surface area contributed by atoms with Gasteiger partial charge in [0.2, 0.25) is 0 Å². The third kappa shape index (κ3) is 4.79. The van der Waals surface area contributed by atoms with E-state index in [4.69, 9.17) is 0 Å². The largest absolute Gasteiger partial charge is 0.264 e. The number of rotatable bonds is 5. The zero-order chi connectivity index (χ0) is 17.4. The number of hydrogen-bond acceptors (Lipinski definition) is 1. The summed E-state index contributed by atoms with van der Waals surface area (Å²) in [5.41, 5.74) is 6.05. The Bertz CT molecular complexity index is 699. The molecule has 1 heteroatoms. The molecule has 0 spiro atoms. The first kappa shape index (κ1) is 17.9. The summed E-state index contributed by atoms with van der Waals surface area (Å²) in [4.78, 5) is 4.21. The van der Waals surface area contributed by atoms with Gasteiger partial charge in [0, 0.05) is 12.4 Å². The van der Waals surface area contributed by atoms with Crippen LogP contribution in [0.2, 0.25) is 0 Å². The van der Waals surface area contributed by atoms with Crippen molar-refractivity contribution in [1.82, 2.24) is 4.98 Å². The summed E-state index contributed by atoms with van der Waals surface area (Å²) in [6, 6.07) is 4.06. The second-order valence-corrected chi connectivity index (χ2v) is 6.18. The SMILES string of the molecule is C=CC(=C\C=C/C)/C=C1\CC(CC)C/C(=C\c2cccnc2)C1=C. The van der Waals surface area contributed by atoms with Gasteiger partial charge in [0.25, 0.3) is 0 Å². The van der Waals surface area contributed by atoms with Gasteiger partial charge in [-0.1, -0.05) is 62.9 Å². The third-order valence-electron chi connectivity index (χ3n) is 4.45. The number of hydrogen-bond donors (Lipinski definition) is 0. The highest BCUT2D eigenvalue weighted by molar-refractivity contribution is 5.63. The van der Waals surface area contributed by atoms with Crippen LogP contribution in [0.3, 0.4) is 0 Å². The molecular formula is C23H27N. The van der Waals surface area contributed by atoms with Crippen LogP contribution >= 0.6 is 0 Å². The minimum Gasteiger partial charge on any atom is -0.264 e. The zero-order valence-corrected chi connectivity index (χ0v) is 14.8. The Morgan fingerprint density at radius 2 is 2.12 bits per heavy atom. The predicted octanol–water partition coefficient (Wildman–Crippen LogP) is 6.46. The number of aromatic nitrogens is 1. The highest BCUT2D eigenvalue weighted by Gasteiger charge is 2.22. The van der Waals surface area contributed by atoms with Crippen LogP contribution in [0.25, 0.3) is 6.08 Å². The third-order valence-corrected chi connectivity index (χ3v) is 4.45. The fourth-order valence-electron chi connectivity index (χ4n) is 2.97. The smallest absolute Gasteiger partial charge is 0.0340 e. The van der Waals surface area contributed by atoms with Crippen LogP contribution in [0.1, 0.15) is 38.7 Å². The van der Waals surface area contributed by atoms with Crippen molar-refractivity contribution in [2.45, 2.75) is 33.1 Å². The zero-order valence-electron chi connectivity index (χ0n) is 14.8. The van der Waals surface area contributed by atoms with Crippen molar-refractivity contribution in [1.29, 1.82) is 0 Å². The second kappa shape index (κ2) is 9.02. The lowest BCUT2D eigenvalue weighted by Gasteiger charge is -2.28. The van der Waals surface area contributed by atoms with E-state index in [2.05, 4.69) is 49.4 Å². The minimum atomic E-state index is 0.664. The van der Waals surface area contributed by atoms with Gasteiger partial charge in [-0.15, -0.1) is 0 Å². The molecule has 1 heterocycles. The van der Waals surface area contributed by atoms with Crippen LogP contribution < -0.4 is 0 Å². The maximum Gasteiger partial charge on any atom is 0.0340 e.